The first-order chi connectivity index (χ1) is 11.9. The topological polar surface area (TPSA) is 109 Å². The molecule has 0 saturated carbocycles. The first-order valence-electron chi connectivity index (χ1n) is 7.30. The van der Waals surface area contributed by atoms with Gasteiger partial charge in [0.1, 0.15) is 0 Å². The molecule has 1 aromatic carbocycles. The number of rotatable bonds is 7. The van der Waals surface area contributed by atoms with Gasteiger partial charge in [-0.1, -0.05) is 0 Å². The molecule has 0 bridgehead atoms. The van der Waals surface area contributed by atoms with E-state index in [9.17, 15) is 9.59 Å². The number of likely N-dealkylation sites (N-methyl/N-ethyl adjacent to an activating group) is 1. The third-order valence-electron chi connectivity index (χ3n) is 3.22. The molecule has 1 amide bonds. The Morgan fingerprint density at radius 3 is 2.52 bits per heavy atom. The van der Waals surface area contributed by atoms with E-state index in [1.165, 1.54) is 12.0 Å². The van der Waals surface area contributed by atoms with E-state index >= 15 is 0 Å². The molecule has 10 heteroatoms. The highest BCUT2D eigenvalue weighted by Gasteiger charge is 2.14. The molecule has 0 fully saturated rings. The van der Waals surface area contributed by atoms with Crippen LogP contribution in [-0.2, 0) is 20.9 Å². The second kappa shape index (κ2) is 8.08. The van der Waals surface area contributed by atoms with Crippen molar-refractivity contribution in [3.63, 3.8) is 0 Å². The van der Waals surface area contributed by atoms with Gasteiger partial charge < -0.3 is 19.1 Å². The van der Waals surface area contributed by atoms with Gasteiger partial charge >= 0.3 is 5.97 Å². The van der Waals surface area contributed by atoms with Crippen LogP contribution >= 0.6 is 0 Å². The number of hydrogen-bond acceptors (Lipinski definition) is 8. The van der Waals surface area contributed by atoms with Crippen LogP contribution in [0.1, 0.15) is 0 Å². The Morgan fingerprint density at radius 1 is 1.16 bits per heavy atom. The van der Waals surface area contributed by atoms with Crippen molar-refractivity contribution in [3.05, 3.63) is 18.2 Å². The Kier molecular flexibility index (Phi) is 5.88. The van der Waals surface area contributed by atoms with Crippen LogP contribution in [0, 0.1) is 0 Å². The number of methoxy groups -OCH3 is 2. The summed E-state index contributed by atoms with van der Waals surface area (Å²) in [5.74, 6) is 0.473. The van der Waals surface area contributed by atoms with E-state index in [-0.39, 0.29) is 19.1 Å². The lowest BCUT2D eigenvalue weighted by Gasteiger charge is -2.09. The van der Waals surface area contributed by atoms with Crippen molar-refractivity contribution >= 4 is 11.9 Å². The molecule has 0 unspecified atom stereocenters. The molecule has 0 radical (unpaired) electrons. The van der Waals surface area contributed by atoms with Gasteiger partial charge in [0.05, 0.1) is 14.2 Å². The van der Waals surface area contributed by atoms with Crippen molar-refractivity contribution in [3.8, 4) is 22.9 Å². The van der Waals surface area contributed by atoms with Crippen LogP contribution in [-0.4, -0.2) is 71.9 Å². The van der Waals surface area contributed by atoms with Crippen molar-refractivity contribution in [1.82, 2.24) is 25.1 Å². The summed E-state index contributed by atoms with van der Waals surface area (Å²) >= 11 is 0. The maximum Gasteiger partial charge on any atom is 0.330 e. The highest BCUT2D eigenvalue weighted by Crippen LogP contribution is 2.30. The average Bonchev–Trinajstić information content (AvgIpc) is 3.07. The molecule has 0 saturated heterocycles. The molecule has 10 nitrogen and oxygen atoms in total. The molecule has 134 valence electrons. The minimum Gasteiger partial charge on any atom is -0.493 e. The highest BCUT2D eigenvalue weighted by molar-refractivity contribution is 5.80. The largest absolute Gasteiger partial charge is 0.493 e. The zero-order valence-corrected chi connectivity index (χ0v) is 14.4. The molecule has 1 heterocycles. The van der Waals surface area contributed by atoms with Crippen LogP contribution in [0.4, 0.5) is 0 Å². The second-order valence-corrected chi connectivity index (χ2v) is 5.16. The van der Waals surface area contributed by atoms with Gasteiger partial charge in [-0.15, -0.1) is 10.2 Å². The molecule has 0 atom stereocenters. The Morgan fingerprint density at radius 2 is 1.88 bits per heavy atom. The molecule has 0 N–H and O–H groups in total. The number of ether oxygens (including phenoxy) is 3. The van der Waals surface area contributed by atoms with Gasteiger partial charge in [-0.3, -0.25) is 4.79 Å². The predicted molar refractivity (Wildman–Crippen MR) is 86.0 cm³/mol. The van der Waals surface area contributed by atoms with Crippen molar-refractivity contribution < 1.29 is 23.8 Å². The van der Waals surface area contributed by atoms with E-state index in [0.717, 1.165) is 4.80 Å². The van der Waals surface area contributed by atoms with E-state index in [2.05, 4.69) is 15.4 Å². The Bertz CT molecular complexity index is 759. The molecule has 1 aromatic heterocycles. The molecule has 0 aliphatic heterocycles. The standard InChI is InChI=1S/C15H19N5O5/c1-19(2)13(21)9-25-14(22)8-20-17-15(16-18-20)10-5-6-11(23-3)12(7-10)24-4/h5-7H,8-9H2,1-4H3. The molecule has 2 aromatic rings. The lowest BCUT2D eigenvalue weighted by atomic mass is 10.2. The Balaban J connectivity index is 2.02. The monoisotopic (exact) mass is 349 g/mol. The van der Waals surface area contributed by atoms with Gasteiger partial charge in [0.15, 0.2) is 24.7 Å². The first kappa shape index (κ1) is 18.2. The normalized spacial score (nSPS) is 10.2. The zero-order valence-electron chi connectivity index (χ0n) is 14.4. The Labute approximate surface area is 144 Å². The molecule has 2 rings (SSSR count). The number of tetrazole rings is 1. The van der Waals surface area contributed by atoms with Gasteiger partial charge in [0.2, 0.25) is 5.82 Å². The molecular weight excluding hydrogens is 330 g/mol. The van der Waals surface area contributed by atoms with Crippen molar-refractivity contribution in [2.24, 2.45) is 0 Å². The van der Waals surface area contributed by atoms with Crippen molar-refractivity contribution in [2.75, 3.05) is 34.9 Å². The van der Waals surface area contributed by atoms with E-state index in [1.807, 2.05) is 0 Å². The lowest BCUT2D eigenvalue weighted by Crippen LogP contribution is -2.28. The summed E-state index contributed by atoms with van der Waals surface area (Å²) in [4.78, 5) is 25.5. The summed E-state index contributed by atoms with van der Waals surface area (Å²) < 4.78 is 15.3. The van der Waals surface area contributed by atoms with Crippen molar-refractivity contribution in [2.45, 2.75) is 6.54 Å². The Hall–Kier alpha value is -3.17. The van der Waals surface area contributed by atoms with Gasteiger partial charge in [-0.05, 0) is 23.4 Å². The predicted octanol–water partition coefficient (Wildman–Crippen LogP) is -0.0113. The summed E-state index contributed by atoms with van der Waals surface area (Å²) in [6.07, 6.45) is 0. The van der Waals surface area contributed by atoms with Gasteiger partial charge in [0.25, 0.3) is 5.91 Å². The van der Waals surface area contributed by atoms with Crippen LogP contribution < -0.4 is 9.47 Å². The fourth-order valence-electron chi connectivity index (χ4n) is 1.83. The van der Waals surface area contributed by atoms with Gasteiger partial charge in [-0.25, -0.2) is 4.79 Å². The highest BCUT2D eigenvalue weighted by atomic mass is 16.5. The fourth-order valence-corrected chi connectivity index (χ4v) is 1.83. The van der Waals surface area contributed by atoms with E-state index < -0.39 is 5.97 Å². The number of hydrogen-bond donors (Lipinski definition) is 0. The number of benzene rings is 1. The number of carbonyl (C=O) groups excluding carboxylic acids is 2. The lowest BCUT2D eigenvalue weighted by molar-refractivity contribution is -0.151. The number of carbonyl (C=O) groups is 2. The molecule has 0 aliphatic carbocycles. The summed E-state index contributed by atoms with van der Waals surface area (Å²) in [5, 5.41) is 11.8. The summed E-state index contributed by atoms with van der Waals surface area (Å²) in [5.41, 5.74) is 0.653. The summed E-state index contributed by atoms with van der Waals surface area (Å²) in [6, 6.07) is 5.17. The second-order valence-electron chi connectivity index (χ2n) is 5.16. The minimum atomic E-state index is -0.633. The van der Waals surface area contributed by atoms with Crippen LogP contribution in [0.5, 0.6) is 11.5 Å². The van der Waals surface area contributed by atoms with E-state index in [1.54, 1.807) is 39.4 Å². The zero-order chi connectivity index (χ0) is 18.4. The number of nitrogens with zero attached hydrogens (tertiary/aromatic N) is 5. The van der Waals surface area contributed by atoms with E-state index in [0.29, 0.717) is 22.9 Å². The summed E-state index contributed by atoms with van der Waals surface area (Å²) in [6.45, 7) is -0.579. The number of amides is 1. The van der Waals surface area contributed by atoms with Crippen LogP contribution in [0.15, 0.2) is 18.2 Å². The number of esters is 1. The molecule has 25 heavy (non-hydrogen) atoms. The van der Waals surface area contributed by atoms with Crippen LogP contribution in [0.2, 0.25) is 0 Å². The molecular formula is C15H19N5O5. The average molecular weight is 349 g/mol. The SMILES string of the molecule is COc1ccc(-c2nnn(CC(=O)OCC(=O)N(C)C)n2)cc1OC. The maximum absolute atomic E-state index is 11.7. The smallest absolute Gasteiger partial charge is 0.330 e. The fraction of sp³-hybridized carbons (Fsp3) is 0.400. The minimum absolute atomic E-state index is 0.249. The maximum atomic E-state index is 11.7. The van der Waals surface area contributed by atoms with Crippen LogP contribution in [0.25, 0.3) is 11.4 Å². The summed E-state index contributed by atoms with van der Waals surface area (Å²) in [7, 11) is 6.21. The first-order valence-corrected chi connectivity index (χ1v) is 7.30. The quantitative estimate of drug-likeness (QED) is 0.642. The third-order valence-corrected chi connectivity index (χ3v) is 3.22. The molecule has 0 spiro atoms. The van der Waals surface area contributed by atoms with Crippen molar-refractivity contribution in [1.29, 1.82) is 0 Å². The molecule has 0 aliphatic rings. The van der Waals surface area contributed by atoms with Gasteiger partial charge in [-0.2, -0.15) is 4.80 Å². The van der Waals surface area contributed by atoms with E-state index in [4.69, 9.17) is 14.2 Å². The van der Waals surface area contributed by atoms with Crippen LogP contribution in [0.3, 0.4) is 0 Å². The van der Waals surface area contributed by atoms with Gasteiger partial charge in [0, 0.05) is 19.7 Å². The third kappa shape index (κ3) is 4.66. The number of aromatic nitrogens is 4.